The number of H-pyrrole nitrogens is 1. The molecular weight excluding hydrogens is 320 g/mol. The summed E-state index contributed by atoms with van der Waals surface area (Å²) in [5.41, 5.74) is 2.35. The summed E-state index contributed by atoms with van der Waals surface area (Å²) < 4.78 is 8.26. The van der Waals surface area contributed by atoms with Crippen molar-refractivity contribution in [1.29, 1.82) is 5.26 Å². The van der Waals surface area contributed by atoms with E-state index in [0.29, 0.717) is 29.1 Å². The van der Waals surface area contributed by atoms with E-state index in [1.807, 2.05) is 27.0 Å². The van der Waals surface area contributed by atoms with Gasteiger partial charge in [0.25, 0.3) is 5.56 Å². The van der Waals surface area contributed by atoms with Crippen molar-refractivity contribution in [2.45, 2.75) is 32.7 Å². The molecule has 3 heterocycles. The van der Waals surface area contributed by atoms with E-state index < -0.39 is 0 Å². The third-order valence-corrected chi connectivity index (χ3v) is 4.13. The van der Waals surface area contributed by atoms with E-state index in [-0.39, 0.29) is 17.5 Å². The molecule has 3 rings (SSSR count). The van der Waals surface area contributed by atoms with E-state index in [9.17, 15) is 10.1 Å². The molecule has 25 heavy (non-hydrogen) atoms. The Hall–Kier alpha value is -2.92. The zero-order valence-corrected chi connectivity index (χ0v) is 14.6. The van der Waals surface area contributed by atoms with Crippen LogP contribution in [0.2, 0.25) is 0 Å². The molecule has 1 N–H and O–H groups in total. The lowest BCUT2D eigenvalue weighted by Crippen LogP contribution is -2.22. The maximum atomic E-state index is 12.9. The van der Waals surface area contributed by atoms with Gasteiger partial charge in [-0.3, -0.25) is 14.6 Å². The van der Waals surface area contributed by atoms with Gasteiger partial charge in [0.05, 0.1) is 24.5 Å². The summed E-state index contributed by atoms with van der Waals surface area (Å²) in [5, 5.41) is 16.4. The molecule has 8 heteroatoms. The highest BCUT2D eigenvalue weighted by Gasteiger charge is 2.21. The van der Waals surface area contributed by atoms with Gasteiger partial charge >= 0.3 is 0 Å². The summed E-state index contributed by atoms with van der Waals surface area (Å²) in [6.07, 6.45) is 5.03. The lowest BCUT2D eigenvalue weighted by molar-refractivity contribution is 0.157. The second-order valence-corrected chi connectivity index (χ2v) is 6.31. The summed E-state index contributed by atoms with van der Waals surface area (Å²) >= 11 is 0. The molecule has 1 unspecified atom stereocenters. The number of aromatic nitrogens is 5. The number of hydrogen-bond acceptors (Lipinski definition) is 5. The van der Waals surface area contributed by atoms with Crippen LogP contribution in [0.1, 0.15) is 43.9 Å². The van der Waals surface area contributed by atoms with Gasteiger partial charge < -0.3 is 4.74 Å². The zero-order valence-electron chi connectivity index (χ0n) is 14.6. The minimum Gasteiger partial charge on any atom is -0.382 e. The van der Waals surface area contributed by atoms with Crippen molar-refractivity contribution in [2.24, 2.45) is 0 Å². The lowest BCUT2D eigenvalue weighted by atomic mass is 10.00. The van der Waals surface area contributed by atoms with Crippen molar-refractivity contribution in [3.8, 4) is 17.3 Å². The monoisotopic (exact) mass is 340 g/mol. The number of methoxy groups -OCH3 is 1. The van der Waals surface area contributed by atoms with Gasteiger partial charge in [-0.05, 0) is 12.8 Å². The van der Waals surface area contributed by atoms with Gasteiger partial charge in [0.1, 0.15) is 11.6 Å². The third-order valence-electron chi connectivity index (χ3n) is 4.13. The predicted molar refractivity (Wildman–Crippen MR) is 92.4 cm³/mol. The lowest BCUT2D eigenvalue weighted by Gasteiger charge is -2.11. The third kappa shape index (κ3) is 2.83. The number of nitrogens with one attached hydrogen (secondary N) is 1. The molecule has 0 amide bonds. The average Bonchev–Trinajstić information content (AvgIpc) is 3.21. The molecule has 0 radical (unpaired) electrons. The topological polar surface area (TPSA) is 101 Å². The molecule has 8 nitrogen and oxygen atoms in total. The Balaban J connectivity index is 2.23. The molecule has 0 spiro atoms. The number of ether oxygens (including phenoxy) is 1. The molecule has 0 saturated heterocycles. The summed E-state index contributed by atoms with van der Waals surface area (Å²) in [6, 6.07) is 2.12. The molecule has 0 aliphatic heterocycles. The first-order valence-corrected chi connectivity index (χ1v) is 8.05. The Morgan fingerprint density at radius 3 is 2.80 bits per heavy atom. The van der Waals surface area contributed by atoms with Crippen molar-refractivity contribution in [3.63, 3.8) is 0 Å². The van der Waals surface area contributed by atoms with E-state index in [1.165, 1.54) is 10.7 Å². The molecule has 0 bridgehead atoms. The van der Waals surface area contributed by atoms with Crippen LogP contribution >= 0.6 is 0 Å². The Labute approximate surface area is 144 Å². The number of rotatable bonds is 5. The minimum atomic E-state index is -0.200. The van der Waals surface area contributed by atoms with Crippen LogP contribution in [0.15, 0.2) is 23.4 Å². The maximum absolute atomic E-state index is 12.9. The van der Waals surface area contributed by atoms with Gasteiger partial charge in [-0.2, -0.15) is 10.4 Å². The molecule has 0 fully saturated rings. The van der Waals surface area contributed by atoms with Crippen molar-refractivity contribution in [3.05, 3.63) is 40.1 Å². The second kappa shape index (κ2) is 6.53. The molecule has 0 saturated carbocycles. The van der Waals surface area contributed by atoms with Crippen LogP contribution in [0, 0.1) is 11.3 Å². The maximum Gasteiger partial charge on any atom is 0.276 e. The normalized spacial score (nSPS) is 12.6. The fourth-order valence-corrected chi connectivity index (χ4v) is 2.87. The Morgan fingerprint density at radius 2 is 2.16 bits per heavy atom. The van der Waals surface area contributed by atoms with Gasteiger partial charge in [0, 0.05) is 30.6 Å². The van der Waals surface area contributed by atoms with E-state index >= 15 is 0 Å². The van der Waals surface area contributed by atoms with Crippen LogP contribution in [0.3, 0.4) is 0 Å². The van der Waals surface area contributed by atoms with Crippen LogP contribution in [-0.2, 0) is 4.74 Å². The molecule has 0 aromatic carbocycles. The van der Waals surface area contributed by atoms with Crippen molar-refractivity contribution in [1.82, 2.24) is 24.4 Å². The van der Waals surface area contributed by atoms with Crippen molar-refractivity contribution in [2.75, 3.05) is 13.7 Å². The average molecular weight is 340 g/mol. The quantitative estimate of drug-likeness (QED) is 0.766. The number of nitriles is 1. The fraction of sp³-hybridized carbons (Fsp3) is 0.412. The highest BCUT2D eigenvalue weighted by atomic mass is 16.5. The zero-order chi connectivity index (χ0) is 18.1. The summed E-state index contributed by atoms with van der Waals surface area (Å²) in [4.78, 5) is 17.5. The number of aromatic amines is 1. The SMILES string of the molecule is COCC(C)n1cc(-c2nc3c(C#N)c[nH]n3c(=O)c2C(C)C)cn1. The van der Waals surface area contributed by atoms with Crippen LogP contribution < -0.4 is 5.56 Å². The molecule has 130 valence electrons. The molecule has 0 aliphatic carbocycles. The summed E-state index contributed by atoms with van der Waals surface area (Å²) in [6.45, 7) is 6.42. The second-order valence-electron chi connectivity index (χ2n) is 6.31. The molecule has 3 aromatic rings. The van der Waals surface area contributed by atoms with Gasteiger partial charge in [0.15, 0.2) is 5.65 Å². The standard InChI is InChI=1S/C17H20N6O2/c1-10(2)14-15(13-7-19-22(8-13)11(3)9-25-4)21-16-12(5-18)6-20-23(16)17(14)24/h6-8,10-11,20H,9H2,1-4H3. The Bertz CT molecular complexity index is 1000. The van der Waals surface area contributed by atoms with Crippen LogP contribution in [0.5, 0.6) is 0 Å². The number of fused-ring (bicyclic) bond motifs is 1. The number of nitrogens with zero attached hydrogens (tertiary/aromatic N) is 5. The van der Waals surface area contributed by atoms with Gasteiger partial charge in [-0.15, -0.1) is 0 Å². The van der Waals surface area contributed by atoms with Gasteiger partial charge in [0.2, 0.25) is 0 Å². The highest BCUT2D eigenvalue weighted by Crippen LogP contribution is 2.26. The van der Waals surface area contributed by atoms with E-state index in [2.05, 4.69) is 21.3 Å². The van der Waals surface area contributed by atoms with Crippen molar-refractivity contribution < 1.29 is 4.74 Å². The van der Waals surface area contributed by atoms with E-state index in [1.54, 1.807) is 18.0 Å². The summed E-state index contributed by atoms with van der Waals surface area (Å²) in [7, 11) is 1.64. The molecule has 3 aromatic heterocycles. The van der Waals surface area contributed by atoms with Crippen LogP contribution in [0.25, 0.3) is 16.9 Å². The number of hydrogen-bond donors (Lipinski definition) is 1. The molecular formula is C17H20N6O2. The van der Waals surface area contributed by atoms with Crippen molar-refractivity contribution >= 4 is 5.65 Å². The van der Waals surface area contributed by atoms with E-state index in [4.69, 9.17) is 4.74 Å². The highest BCUT2D eigenvalue weighted by molar-refractivity contribution is 5.67. The predicted octanol–water partition coefficient (Wildman–Crippen LogP) is 2.09. The van der Waals surface area contributed by atoms with E-state index in [0.717, 1.165) is 5.56 Å². The first-order chi connectivity index (χ1) is 12.0. The van der Waals surface area contributed by atoms with Gasteiger partial charge in [-0.1, -0.05) is 13.8 Å². The largest absolute Gasteiger partial charge is 0.382 e. The summed E-state index contributed by atoms with van der Waals surface area (Å²) in [5.74, 6) is -0.0273. The fourth-order valence-electron chi connectivity index (χ4n) is 2.87. The molecule has 0 aliphatic rings. The minimum absolute atomic E-state index is 0.0273. The molecule has 1 atom stereocenters. The first kappa shape index (κ1) is 16.9. The van der Waals surface area contributed by atoms with Crippen LogP contribution in [-0.4, -0.2) is 38.1 Å². The Kier molecular flexibility index (Phi) is 4.42. The first-order valence-electron chi connectivity index (χ1n) is 8.05. The van der Waals surface area contributed by atoms with Crippen LogP contribution in [0.4, 0.5) is 0 Å². The smallest absolute Gasteiger partial charge is 0.276 e. The van der Waals surface area contributed by atoms with Gasteiger partial charge in [-0.25, -0.2) is 9.50 Å². The Morgan fingerprint density at radius 1 is 1.40 bits per heavy atom.